The van der Waals surface area contributed by atoms with Gasteiger partial charge in [-0.15, -0.1) is 0 Å². The summed E-state index contributed by atoms with van der Waals surface area (Å²) in [6, 6.07) is 5.92. The van der Waals surface area contributed by atoms with Gasteiger partial charge in [0.1, 0.15) is 6.07 Å². The quantitative estimate of drug-likeness (QED) is 0.802. The number of aryl methyl sites for hydroxylation is 1. The molecule has 0 amide bonds. The molecule has 0 unspecified atom stereocenters. The average molecular weight is 306 g/mol. The van der Waals surface area contributed by atoms with Gasteiger partial charge in [-0.1, -0.05) is 11.6 Å². The van der Waals surface area contributed by atoms with Crippen LogP contribution in [0.3, 0.4) is 0 Å². The van der Waals surface area contributed by atoms with Crippen LogP contribution in [-0.2, 0) is 4.74 Å². The lowest BCUT2D eigenvalue weighted by Gasteiger charge is -2.12. The molecular weight excluding hydrogens is 290 g/mol. The third kappa shape index (κ3) is 3.61. The number of fused-ring (bicyclic) bond motifs is 1. The molecule has 5 nitrogen and oxygen atoms in total. The van der Waals surface area contributed by atoms with Crippen LogP contribution in [0.2, 0.25) is 5.02 Å². The fourth-order valence-corrected chi connectivity index (χ4v) is 2.41. The molecule has 1 aromatic heterocycles. The van der Waals surface area contributed by atoms with Crippen molar-refractivity contribution in [3.63, 3.8) is 0 Å². The number of nitrogens with one attached hydrogen (secondary N) is 1. The molecule has 110 valence electrons. The van der Waals surface area contributed by atoms with Gasteiger partial charge in [-0.3, -0.25) is 4.98 Å². The van der Waals surface area contributed by atoms with Gasteiger partial charge in [0.25, 0.3) is 0 Å². The van der Waals surface area contributed by atoms with E-state index in [4.69, 9.17) is 21.4 Å². The van der Waals surface area contributed by atoms with E-state index >= 15 is 0 Å². The van der Waals surface area contributed by atoms with Crippen LogP contribution in [0, 0.1) is 18.3 Å². The van der Waals surface area contributed by atoms with E-state index in [9.17, 15) is 5.26 Å². The Bertz CT molecular complexity index is 683. The van der Waals surface area contributed by atoms with Gasteiger partial charge >= 0.3 is 0 Å². The first kappa shape index (κ1) is 15.5. The fraction of sp³-hybridized carbons (Fsp3) is 0.333. The summed E-state index contributed by atoms with van der Waals surface area (Å²) in [5, 5.41) is 22.5. The van der Waals surface area contributed by atoms with Crippen molar-refractivity contribution in [1.29, 1.82) is 5.26 Å². The summed E-state index contributed by atoms with van der Waals surface area (Å²) in [7, 11) is 0. The summed E-state index contributed by atoms with van der Waals surface area (Å²) in [4.78, 5) is 4.25. The van der Waals surface area contributed by atoms with Crippen LogP contribution in [0.25, 0.3) is 10.9 Å². The number of halogens is 1. The topological polar surface area (TPSA) is 78.2 Å². The van der Waals surface area contributed by atoms with Crippen molar-refractivity contribution >= 4 is 28.2 Å². The lowest BCUT2D eigenvalue weighted by atomic mass is 10.1. The second-order valence-electron chi connectivity index (χ2n) is 4.56. The van der Waals surface area contributed by atoms with Crippen LogP contribution >= 0.6 is 11.6 Å². The Morgan fingerprint density at radius 1 is 1.43 bits per heavy atom. The number of ether oxygens (including phenoxy) is 1. The van der Waals surface area contributed by atoms with Crippen molar-refractivity contribution < 1.29 is 9.84 Å². The second kappa shape index (κ2) is 7.23. The predicted octanol–water partition coefficient (Wildman–Crippen LogP) is 2.49. The number of anilines is 1. The van der Waals surface area contributed by atoms with E-state index in [1.807, 2.05) is 19.1 Å². The maximum Gasteiger partial charge on any atom is 0.103 e. The minimum absolute atomic E-state index is 0.00354. The van der Waals surface area contributed by atoms with Crippen molar-refractivity contribution in [3.05, 3.63) is 34.5 Å². The first-order chi connectivity index (χ1) is 10.2. The van der Waals surface area contributed by atoms with E-state index in [0.717, 1.165) is 10.9 Å². The van der Waals surface area contributed by atoms with E-state index in [-0.39, 0.29) is 6.61 Å². The third-order valence-electron chi connectivity index (χ3n) is 2.97. The largest absolute Gasteiger partial charge is 0.394 e. The summed E-state index contributed by atoms with van der Waals surface area (Å²) < 4.78 is 5.20. The Labute approximate surface area is 128 Å². The molecular formula is C15H16ClN3O2. The SMILES string of the molecule is Cc1cc(Cl)c2ncc(C#N)c(NCCOCCO)c2c1. The van der Waals surface area contributed by atoms with Crippen LogP contribution in [0.15, 0.2) is 18.3 Å². The standard InChI is InChI=1S/C15H16ClN3O2/c1-10-6-12-14(18-2-4-21-5-3-20)11(8-17)9-19-15(12)13(16)7-10/h6-7,9,20H,2-5H2,1H3,(H,18,19). The number of nitriles is 1. The molecule has 1 heterocycles. The Hall–Kier alpha value is -1.87. The van der Waals surface area contributed by atoms with Gasteiger partial charge in [0, 0.05) is 18.1 Å². The maximum atomic E-state index is 9.23. The highest BCUT2D eigenvalue weighted by atomic mass is 35.5. The van der Waals surface area contributed by atoms with Crippen molar-refractivity contribution in [2.45, 2.75) is 6.92 Å². The molecule has 2 rings (SSSR count). The van der Waals surface area contributed by atoms with E-state index in [1.165, 1.54) is 6.20 Å². The van der Waals surface area contributed by atoms with E-state index < -0.39 is 0 Å². The van der Waals surface area contributed by atoms with Crippen LogP contribution in [0.4, 0.5) is 5.69 Å². The van der Waals surface area contributed by atoms with Crippen LogP contribution in [0.1, 0.15) is 11.1 Å². The zero-order chi connectivity index (χ0) is 15.2. The maximum absolute atomic E-state index is 9.23. The summed E-state index contributed by atoms with van der Waals surface area (Å²) in [6.07, 6.45) is 1.51. The zero-order valence-electron chi connectivity index (χ0n) is 11.7. The number of rotatable bonds is 6. The third-order valence-corrected chi connectivity index (χ3v) is 3.26. The molecule has 0 aliphatic carbocycles. The highest BCUT2D eigenvalue weighted by Gasteiger charge is 2.11. The molecule has 0 atom stereocenters. The normalized spacial score (nSPS) is 10.6. The summed E-state index contributed by atoms with van der Waals surface area (Å²) >= 11 is 6.21. The van der Waals surface area contributed by atoms with Gasteiger partial charge in [0.2, 0.25) is 0 Å². The van der Waals surface area contributed by atoms with Crippen molar-refractivity contribution in [3.8, 4) is 6.07 Å². The van der Waals surface area contributed by atoms with Crippen molar-refractivity contribution in [2.75, 3.05) is 31.7 Å². The van der Waals surface area contributed by atoms with Crippen LogP contribution < -0.4 is 5.32 Å². The molecule has 0 fully saturated rings. The van der Waals surface area contributed by atoms with E-state index in [0.29, 0.717) is 41.5 Å². The van der Waals surface area contributed by atoms with Gasteiger partial charge in [0.05, 0.1) is 41.6 Å². The van der Waals surface area contributed by atoms with Crippen molar-refractivity contribution in [1.82, 2.24) is 4.98 Å². The number of aromatic nitrogens is 1. The number of benzene rings is 1. The monoisotopic (exact) mass is 305 g/mol. The van der Waals surface area contributed by atoms with Gasteiger partial charge in [-0.25, -0.2) is 0 Å². The first-order valence-electron chi connectivity index (χ1n) is 6.58. The summed E-state index contributed by atoms with van der Waals surface area (Å²) in [5.41, 5.74) is 2.84. The Kier molecular flexibility index (Phi) is 5.34. The Morgan fingerprint density at radius 2 is 2.24 bits per heavy atom. The molecule has 1 aromatic carbocycles. The zero-order valence-corrected chi connectivity index (χ0v) is 12.4. The fourth-order valence-electron chi connectivity index (χ4n) is 2.09. The van der Waals surface area contributed by atoms with Crippen LogP contribution in [0.5, 0.6) is 0 Å². The molecule has 0 bridgehead atoms. The van der Waals surface area contributed by atoms with Gasteiger partial charge in [-0.2, -0.15) is 5.26 Å². The molecule has 0 spiro atoms. The molecule has 2 aromatic rings. The number of hydrogen-bond acceptors (Lipinski definition) is 5. The second-order valence-corrected chi connectivity index (χ2v) is 4.97. The minimum atomic E-state index is -0.00354. The molecule has 6 heteroatoms. The predicted molar refractivity (Wildman–Crippen MR) is 82.6 cm³/mol. The van der Waals surface area contributed by atoms with E-state index in [1.54, 1.807) is 0 Å². The lowest BCUT2D eigenvalue weighted by molar-refractivity contribution is 0.0992. The van der Waals surface area contributed by atoms with E-state index in [2.05, 4.69) is 16.4 Å². The van der Waals surface area contributed by atoms with Crippen molar-refractivity contribution in [2.24, 2.45) is 0 Å². The number of hydrogen-bond donors (Lipinski definition) is 2. The van der Waals surface area contributed by atoms with Gasteiger partial charge in [0.15, 0.2) is 0 Å². The minimum Gasteiger partial charge on any atom is -0.394 e. The Morgan fingerprint density at radius 3 is 2.95 bits per heavy atom. The number of pyridine rings is 1. The smallest absolute Gasteiger partial charge is 0.103 e. The van der Waals surface area contributed by atoms with Gasteiger partial charge < -0.3 is 15.2 Å². The highest BCUT2D eigenvalue weighted by Crippen LogP contribution is 2.31. The average Bonchev–Trinajstić information content (AvgIpc) is 2.47. The van der Waals surface area contributed by atoms with Crippen LogP contribution in [-0.4, -0.2) is 36.5 Å². The summed E-state index contributed by atoms with van der Waals surface area (Å²) in [6.45, 7) is 3.21. The molecule has 0 aliphatic rings. The summed E-state index contributed by atoms with van der Waals surface area (Å²) in [5.74, 6) is 0. The van der Waals surface area contributed by atoms with Gasteiger partial charge in [-0.05, 0) is 24.6 Å². The number of aliphatic hydroxyl groups excluding tert-OH is 1. The first-order valence-corrected chi connectivity index (χ1v) is 6.96. The molecule has 0 saturated heterocycles. The lowest BCUT2D eigenvalue weighted by Crippen LogP contribution is -2.12. The molecule has 0 saturated carbocycles. The molecule has 0 radical (unpaired) electrons. The molecule has 0 aliphatic heterocycles. The molecule has 2 N–H and O–H groups in total. The number of aliphatic hydroxyl groups is 1. The highest BCUT2D eigenvalue weighted by molar-refractivity contribution is 6.35. The Balaban J connectivity index is 2.33. The number of nitrogens with zero attached hydrogens (tertiary/aromatic N) is 2. The molecule has 21 heavy (non-hydrogen) atoms.